The number of amides is 1. The first-order valence-electron chi connectivity index (χ1n) is 16.1. The molecule has 0 saturated heterocycles. The fourth-order valence-corrected chi connectivity index (χ4v) is 8.98. The van der Waals surface area contributed by atoms with E-state index >= 15 is 0 Å². The summed E-state index contributed by atoms with van der Waals surface area (Å²) in [6, 6.07) is 0. The fourth-order valence-electron chi connectivity index (χ4n) is 8.98. The maximum absolute atomic E-state index is 13.7. The van der Waals surface area contributed by atoms with E-state index in [4.69, 9.17) is 18.9 Å². The van der Waals surface area contributed by atoms with E-state index in [-0.39, 0.29) is 18.9 Å². The van der Waals surface area contributed by atoms with Crippen LogP contribution in [0.15, 0.2) is 36.0 Å². The number of fused-ring (bicyclic) bond motifs is 1. The van der Waals surface area contributed by atoms with Gasteiger partial charge in [0.15, 0.2) is 0 Å². The van der Waals surface area contributed by atoms with Crippen molar-refractivity contribution >= 4 is 29.8 Å². The van der Waals surface area contributed by atoms with Crippen molar-refractivity contribution in [2.45, 2.75) is 98.1 Å². The predicted octanol–water partition coefficient (Wildman–Crippen LogP) is 3.59. The number of methoxy groups -OCH3 is 1. The number of carbonyl (C=O) groups excluding carboxylic acids is 5. The van der Waals surface area contributed by atoms with Crippen LogP contribution in [-0.2, 0) is 42.9 Å². The molecule has 0 radical (unpaired) electrons. The molecule has 2 saturated carbocycles. The molecule has 0 bridgehead atoms. The van der Waals surface area contributed by atoms with Gasteiger partial charge >= 0.3 is 23.9 Å². The van der Waals surface area contributed by atoms with Gasteiger partial charge in [0.25, 0.3) is 0 Å². The van der Waals surface area contributed by atoms with Gasteiger partial charge in [-0.2, -0.15) is 0 Å². The molecule has 2 N–H and O–H groups in total. The largest absolute Gasteiger partial charge is 0.469 e. The van der Waals surface area contributed by atoms with Crippen LogP contribution in [0.25, 0.3) is 0 Å². The van der Waals surface area contributed by atoms with E-state index in [1.165, 1.54) is 26.2 Å². The molecule has 4 aliphatic rings. The number of carbonyl (C=O) groups is 5. The summed E-state index contributed by atoms with van der Waals surface area (Å²) in [5.74, 6) is -5.76. The molecule has 46 heavy (non-hydrogen) atoms. The molecule has 0 aromatic heterocycles. The summed E-state index contributed by atoms with van der Waals surface area (Å²) >= 11 is 0. The van der Waals surface area contributed by atoms with E-state index in [9.17, 15) is 29.1 Å². The van der Waals surface area contributed by atoms with Crippen LogP contribution in [0.2, 0.25) is 0 Å². The summed E-state index contributed by atoms with van der Waals surface area (Å²) in [6.07, 6.45) is 2.73. The van der Waals surface area contributed by atoms with Crippen LogP contribution in [0.3, 0.4) is 0 Å². The Kier molecular flexibility index (Phi) is 9.45. The smallest absolute Gasteiger partial charge is 0.330 e. The zero-order valence-corrected chi connectivity index (χ0v) is 28.4. The highest BCUT2D eigenvalue weighted by Gasteiger charge is 2.75. The van der Waals surface area contributed by atoms with Gasteiger partial charge in [0.1, 0.15) is 17.8 Å². The molecule has 0 aromatic rings. The second-order valence-electron chi connectivity index (χ2n) is 14.5. The fraction of sp³-hybridized carbons (Fsp3) is 0.686. The molecule has 0 aromatic carbocycles. The number of allylic oxidation sites excluding steroid dienone is 1. The van der Waals surface area contributed by atoms with Crippen LogP contribution in [0.1, 0.15) is 74.7 Å². The number of ether oxygens (including phenoxy) is 4. The maximum Gasteiger partial charge on any atom is 0.330 e. The summed E-state index contributed by atoms with van der Waals surface area (Å²) in [4.78, 5) is 64.8. The highest BCUT2D eigenvalue weighted by Crippen LogP contribution is 2.69. The van der Waals surface area contributed by atoms with E-state index in [0.717, 1.165) is 5.57 Å². The van der Waals surface area contributed by atoms with Crippen LogP contribution in [-0.4, -0.2) is 72.0 Å². The Morgan fingerprint density at radius 1 is 1.17 bits per heavy atom. The first-order chi connectivity index (χ1) is 21.3. The van der Waals surface area contributed by atoms with Crippen molar-refractivity contribution in [2.24, 2.45) is 40.4 Å². The monoisotopic (exact) mass is 643 g/mol. The number of cyclic esters (lactones) is 1. The van der Waals surface area contributed by atoms with Crippen molar-refractivity contribution in [1.29, 1.82) is 0 Å². The number of nitrogens with one attached hydrogen (secondary N) is 1. The molecule has 0 spiro atoms. The average molecular weight is 644 g/mol. The molecule has 2 fully saturated rings. The Morgan fingerprint density at radius 2 is 1.83 bits per heavy atom. The van der Waals surface area contributed by atoms with E-state index in [1.54, 1.807) is 26.8 Å². The number of hydrogen-bond acceptors (Lipinski definition) is 10. The van der Waals surface area contributed by atoms with Gasteiger partial charge in [0.05, 0.1) is 25.0 Å². The van der Waals surface area contributed by atoms with Gasteiger partial charge in [-0.15, -0.1) is 0 Å². The van der Waals surface area contributed by atoms with E-state index < -0.39 is 87.7 Å². The summed E-state index contributed by atoms with van der Waals surface area (Å²) in [7, 11) is 1.27. The molecule has 4 rings (SSSR count). The first-order valence-corrected chi connectivity index (χ1v) is 16.1. The summed E-state index contributed by atoms with van der Waals surface area (Å²) in [5, 5.41) is 16.0. The Hall–Kier alpha value is -3.47. The van der Waals surface area contributed by atoms with Crippen molar-refractivity contribution in [3.63, 3.8) is 0 Å². The highest BCUT2D eigenvalue weighted by atomic mass is 16.6. The van der Waals surface area contributed by atoms with Crippen LogP contribution < -0.4 is 5.32 Å². The van der Waals surface area contributed by atoms with Gasteiger partial charge in [-0.05, 0) is 49.7 Å². The Balaban J connectivity index is 2.05. The van der Waals surface area contributed by atoms with Crippen LogP contribution in [0.5, 0.6) is 0 Å². The molecule has 254 valence electrons. The summed E-state index contributed by atoms with van der Waals surface area (Å²) < 4.78 is 23.4. The van der Waals surface area contributed by atoms with Crippen LogP contribution in [0, 0.1) is 40.4 Å². The third kappa shape index (κ3) is 5.48. The molecule has 10 atom stereocenters. The molecular weight excluding hydrogens is 594 g/mol. The van der Waals surface area contributed by atoms with Crippen LogP contribution >= 0.6 is 0 Å². The lowest BCUT2D eigenvalue weighted by molar-refractivity contribution is -0.236. The molecule has 2 heterocycles. The zero-order valence-electron chi connectivity index (χ0n) is 28.4. The lowest BCUT2D eigenvalue weighted by Crippen LogP contribution is -2.70. The summed E-state index contributed by atoms with van der Waals surface area (Å²) in [6.45, 7) is 18.5. The maximum atomic E-state index is 13.7. The lowest BCUT2D eigenvalue weighted by atomic mass is 9.47. The lowest BCUT2D eigenvalue weighted by Gasteiger charge is -2.62. The van der Waals surface area contributed by atoms with Crippen molar-refractivity contribution < 1.29 is 48.0 Å². The van der Waals surface area contributed by atoms with E-state index in [0.29, 0.717) is 18.4 Å². The molecule has 11 heteroatoms. The van der Waals surface area contributed by atoms with E-state index in [2.05, 4.69) is 11.9 Å². The molecule has 2 aliphatic carbocycles. The number of esters is 4. The SMILES string of the molecule is C=C1[C@@H]([C@@]2(C)C=CC(=O)OC(C)(C)[C@@H]2CC(=O)OC)[C@@H](OC(C)=O)[C@H](OC(=O)C(C)CC)[C@@]2(C)[C@H](C3=CC(=O)NC3)C[C@@H](C)[C@]12O. The van der Waals surface area contributed by atoms with Crippen LogP contribution in [0.4, 0.5) is 0 Å². The van der Waals surface area contributed by atoms with Crippen molar-refractivity contribution in [2.75, 3.05) is 13.7 Å². The molecule has 1 unspecified atom stereocenters. The Morgan fingerprint density at radius 3 is 2.37 bits per heavy atom. The predicted molar refractivity (Wildman–Crippen MR) is 166 cm³/mol. The topological polar surface area (TPSA) is 155 Å². The van der Waals surface area contributed by atoms with Gasteiger partial charge in [0.2, 0.25) is 5.91 Å². The molecular formula is C35H49NO10. The third-order valence-electron chi connectivity index (χ3n) is 11.5. The minimum atomic E-state index is -1.71. The minimum Gasteiger partial charge on any atom is -0.469 e. The number of aliphatic hydroxyl groups is 1. The molecule has 1 amide bonds. The van der Waals surface area contributed by atoms with Gasteiger partial charge < -0.3 is 29.4 Å². The second-order valence-corrected chi connectivity index (χ2v) is 14.5. The normalized spacial score (nSPS) is 38.9. The van der Waals surface area contributed by atoms with Gasteiger partial charge in [-0.3, -0.25) is 19.2 Å². The Bertz CT molecular complexity index is 1380. The second kappa shape index (κ2) is 12.3. The Labute approximate surface area is 271 Å². The van der Waals surface area contributed by atoms with Gasteiger partial charge in [0, 0.05) is 48.3 Å². The van der Waals surface area contributed by atoms with Crippen molar-refractivity contribution in [1.82, 2.24) is 5.32 Å². The van der Waals surface area contributed by atoms with Gasteiger partial charge in [-0.25, -0.2) is 4.79 Å². The van der Waals surface area contributed by atoms with Gasteiger partial charge in [-0.1, -0.05) is 47.3 Å². The quantitative estimate of drug-likeness (QED) is 0.228. The molecule has 2 aliphatic heterocycles. The first kappa shape index (κ1) is 35.4. The highest BCUT2D eigenvalue weighted by molar-refractivity contribution is 5.91. The zero-order chi connectivity index (χ0) is 34.6. The average Bonchev–Trinajstić information content (AvgIpc) is 3.47. The minimum absolute atomic E-state index is 0.180. The van der Waals surface area contributed by atoms with Crippen molar-refractivity contribution in [3.05, 3.63) is 36.0 Å². The van der Waals surface area contributed by atoms with Crippen molar-refractivity contribution in [3.8, 4) is 0 Å². The molecule has 11 nitrogen and oxygen atoms in total. The number of rotatable bonds is 8. The third-order valence-corrected chi connectivity index (χ3v) is 11.5. The number of hydrogen-bond donors (Lipinski definition) is 2. The van der Waals surface area contributed by atoms with E-state index in [1.807, 2.05) is 27.7 Å². The summed E-state index contributed by atoms with van der Waals surface area (Å²) in [5.41, 5.74) is -4.41. The standard InChI is InChI=1S/C35H49NO10/c1-11-18(2)31(41)45-30-29(44-21(5)37)28(33(8)13-12-26(39)46-32(6,7)24(33)16-27(40)43-10)20(4)35(42)19(3)14-23(34(30,35)9)22-15-25(38)36-17-22/h12-13,15,18-19,23-24,28-30,42H,4,11,14,16-17H2,1-3,5-10H3,(H,36,38)/t18?,19-,23+,24+,28-,29-,30+,33+,34-,35+/m1/s1.